The molecule has 2 aliphatic rings. The number of nitrogens with one attached hydrogen (secondary N) is 1. The first kappa shape index (κ1) is 14.5. The maximum absolute atomic E-state index is 12.2. The molecule has 2 saturated heterocycles. The molecule has 0 spiro atoms. The maximum Gasteiger partial charge on any atom is 0.254 e. The summed E-state index contributed by atoms with van der Waals surface area (Å²) < 4.78 is 12.8. The number of rotatable bonds is 5. The summed E-state index contributed by atoms with van der Waals surface area (Å²) in [5.41, 5.74) is 5.57. The normalized spacial score (nSPS) is 28.9. The number of nitrogens with two attached hydrogens (primary N) is 1. The minimum Gasteiger partial charge on any atom is -0.381 e. The molecule has 7 nitrogen and oxygen atoms in total. The third-order valence-corrected chi connectivity index (χ3v) is 4.09. The molecule has 3 rings (SSSR count). The number of ether oxygens (including phenoxy) is 2. The van der Waals surface area contributed by atoms with Crippen molar-refractivity contribution in [1.82, 2.24) is 9.78 Å². The van der Waals surface area contributed by atoms with Crippen LogP contribution in [-0.2, 0) is 20.8 Å². The summed E-state index contributed by atoms with van der Waals surface area (Å²) in [5, 5.41) is 7.18. The van der Waals surface area contributed by atoms with Crippen LogP contribution in [0.2, 0.25) is 0 Å². The number of amides is 1. The van der Waals surface area contributed by atoms with Gasteiger partial charge in [-0.05, 0) is 19.3 Å². The van der Waals surface area contributed by atoms with Crippen LogP contribution in [0.1, 0.15) is 19.3 Å². The van der Waals surface area contributed by atoms with Gasteiger partial charge in [-0.3, -0.25) is 4.79 Å². The second-order valence-corrected chi connectivity index (χ2v) is 5.68. The summed E-state index contributed by atoms with van der Waals surface area (Å²) in [7, 11) is 0. The van der Waals surface area contributed by atoms with Crippen LogP contribution in [0.15, 0.2) is 12.3 Å². The van der Waals surface area contributed by atoms with Crippen molar-refractivity contribution in [1.29, 1.82) is 0 Å². The van der Waals surface area contributed by atoms with E-state index in [-0.39, 0.29) is 12.0 Å². The van der Waals surface area contributed by atoms with Crippen LogP contribution in [0.3, 0.4) is 0 Å². The molecule has 0 aromatic carbocycles. The fraction of sp³-hybridized carbons (Fsp3) is 0.714. The molecule has 1 unspecified atom stereocenters. The average Bonchev–Trinajstić information content (AvgIpc) is 3.21. The monoisotopic (exact) mass is 294 g/mol. The second kappa shape index (κ2) is 6.55. The molecule has 3 heterocycles. The number of nitrogens with zero attached hydrogens (tertiary/aromatic N) is 2. The minimum atomic E-state index is -0.406. The van der Waals surface area contributed by atoms with Gasteiger partial charge in [-0.15, -0.1) is 0 Å². The Bertz CT molecular complexity index is 484. The van der Waals surface area contributed by atoms with Gasteiger partial charge in [0.2, 0.25) is 0 Å². The average molecular weight is 294 g/mol. The van der Waals surface area contributed by atoms with Gasteiger partial charge in [0.25, 0.3) is 5.91 Å². The van der Waals surface area contributed by atoms with Gasteiger partial charge in [-0.2, -0.15) is 5.10 Å². The quantitative estimate of drug-likeness (QED) is 0.818. The molecule has 3 N–H and O–H groups in total. The van der Waals surface area contributed by atoms with Gasteiger partial charge in [0.15, 0.2) is 0 Å². The Morgan fingerprint density at radius 3 is 3.10 bits per heavy atom. The Hall–Kier alpha value is -1.44. The molecule has 1 aromatic heterocycles. The van der Waals surface area contributed by atoms with E-state index in [1.807, 2.05) is 10.7 Å². The number of anilines is 1. The lowest BCUT2D eigenvalue weighted by Crippen LogP contribution is -2.30. The van der Waals surface area contributed by atoms with Crippen LogP contribution >= 0.6 is 0 Å². The topological polar surface area (TPSA) is 91.4 Å². The lowest BCUT2D eigenvalue weighted by Gasteiger charge is -2.15. The molecule has 1 amide bonds. The molecule has 1 aromatic rings. The van der Waals surface area contributed by atoms with Gasteiger partial charge in [0.05, 0.1) is 18.9 Å². The van der Waals surface area contributed by atoms with Crippen molar-refractivity contribution in [3.8, 4) is 0 Å². The molecule has 21 heavy (non-hydrogen) atoms. The Kier molecular flexibility index (Phi) is 4.52. The van der Waals surface area contributed by atoms with Crippen LogP contribution < -0.4 is 11.1 Å². The number of carbonyl (C=O) groups excluding carboxylic acids is 1. The third-order valence-electron chi connectivity index (χ3n) is 4.09. The standard InChI is InChI=1S/C14H22N4O3/c15-7-11-1-2-12(21-11)14(19)17-13-3-5-16-18(13)8-10-4-6-20-9-10/h3,5,10-12H,1-2,4,6-9,15H2,(H,17,19)/t10?,11-,12+/m1/s1. The first-order valence-corrected chi connectivity index (χ1v) is 7.52. The fourth-order valence-corrected chi connectivity index (χ4v) is 2.83. The first-order valence-electron chi connectivity index (χ1n) is 7.52. The van der Waals surface area contributed by atoms with Gasteiger partial charge in [-0.1, -0.05) is 0 Å². The molecule has 0 aliphatic carbocycles. The van der Waals surface area contributed by atoms with Crippen molar-refractivity contribution in [3.63, 3.8) is 0 Å². The lowest BCUT2D eigenvalue weighted by atomic mass is 10.1. The Labute approximate surface area is 123 Å². The number of hydrogen-bond donors (Lipinski definition) is 2. The van der Waals surface area contributed by atoms with E-state index in [9.17, 15) is 4.79 Å². The van der Waals surface area contributed by atoms with Crippen LogP contribution in [0.25, 0.3) is 0 Å². The van der Waals surface area contributed by atoms with Gasteiger partial charge in [0.1, 0.15) is 11.9 Å². The molecule has 0 radical (unpaired) electrons. The molecule has 116 valence electrons. The van der Waals surface area contributed by atoms with Crippen LogP contribution in [0.4, 0.5) is 5.82 Å². The molecule has 2 aliphatic heterocycles. The summed E-state index contributed by atoms with van der Waals surface area (Å²) in [6.45, 7) is 2.80. The van der Waals surface area contributed by atoms with Crippen molar-refractivity contribution in [2.75, 3.05) is 25.1 Å². The van der Waals surface area contributed by atoms with Crippen molar-refractivity contribution in [2.24, 2.45) is 11.7 Å². The second-order valence-electron chi connectivity index (χ2n) is 5.68. The minimum absolute atomic E-state index is 0.00120. The maximum atomic E-state index is 12.2. The summed E-state index contributed by atoms with van der Waals surface area (Å²) in [6.07, 6.45) is 3.89. The molecule has 2 fully saturated rings. The smallest absolute Gasteiger partial charge is 0.254 e. The zero-order valence-corrected chi connectivity index (χ0v) is 12.0. The van der Waals surface area contributed by atoms with E-state index in [4.69, 9.17) is 15.2 Å². The zero-order valence-electron chi connectivity index (χ0n) is 12.0. The number of hydrogen-bond acceptors (Lipinski definition) is 5. The lowest BCUT2D eigenvalue weighted by molar-refractivity contribution is -0.126. The predicted molar refractivity (Wildman–Crippen MR) is 76.7 cm³/mol. The number of aromatic nitrogens is 2. The highest BCUT2D eigenvalue weighted by Crippen LogP contribution is 2.21. The van der Waals surface area contributed by atoms with Crippen LogP contribution in [0.5, 0.6) is 0 Å². The van der Waals surface area contributed by atoms with Crippen LogP contribution in [0, 0.1) is 5.92 Å². The molecule has 0 saturated carbocycles. The SMILES string of the molecule is NC[C@H]1CC[C@@H](C(=O)Nc2ccnn2CC2CCOC2)O1. The summed E-state index contributed by atoms with van der Waals surface area (Å²) in [5.74, 6) is 1.06. The van der Waals surface area contributed by atoms with Crippen molar-refractivity contribution in [2.45, 2.75) is 38.0 Å². The van der Waals surface area contributed by atoms with Gasteiger partial charge in [0, 0.05) is 31.7 Å². The highest BCUT2D eigenvalue weighted by atomic mass is 16.5. The molecular weight excluding hydrogens is 272 g/mol. The summed E-state index contributed by atoms with van der Waals surface area (Å²) in [6, 6.07) is 1.81. The van der Waals surface area contributed by atoms with Gasteiger partial charge >= 0.3 is 0 Å². The van der Waals surface area contributed by atoms with E-state index < -0.39 is 6.10 Å². The van der Waals surface area contributed by atoms with E-state index in [1.165, 1.54) is 0 Å². The Morgan fingerprint density at radius 1 is 1.48 bits per heavy atom. The first-order chi connectivity index (χ1) is 10.3. The Balaban J connectivity index is 1.57. The summed E-state index contributed by atoms with van der Waals surface area (Å²) >= 11 is 0. The Morgan fingerprint density at radius 2 is 2.38 bits per heavy atom. The molecular formula is C14H22N4O3. The van der Waals surface area contributed by atoms with E-state index in [0.717, 1.165) is 39.0 Å². The summed E-state index contributed by atoms with van der Waals surface area (Å²) in [4.78, 5) is 12.2. The molecule has 7 heteroatoms. The number of carbonyl (C=O) groups is 1. The molecule has 3 atom stereocenters. The van der Waals surface area contributed by atoms with E-state index in [0.29, 0.717) is 18.3 Å². The van der Waals surface area contributed by atoms with E-state index >= 15 is 0 Å². The highest BCUT2D eigenvalue weighted by molar-refractivity contribution is 5.93. The zero-order chi connectivity index (χ0) is 14.7. The van der Waals surface area contributed by atoms with Gasteiger partial charge < -0.3 is 20.5 Å². The van der Waals surface area contributed by atoms with E-state index in [1.54, 1.807) is 6.20 Å². The predicted octanol–water partition coefficient (Wildman–Crippen LogP) is 0.364. The highest BCUT2D eigenvalue weighted by Gasteiger charge is 2.30. The third kappa shape index (κ3) is 3.42. The largest absolute Gasteiger partial charge is 0.381 e. The van der Waals surface area contributed by atoms with Crippen molar-refractivity contribution >= 4 is 11.7 Å². The van der Waals surface area contributed by atoms with Crippen LogP contribution in [-0.4, -0.2) is 47.7 Å². The fourth-order valence-electron chi connectivity index (χ4n) is 2.83. The van der Waals surface area contributed by atoms with E-state index in [2.05, 4.69) is 10.4 Å². The van der Waals surface area contributed by atoms with Crippen molar-refractivity contribution in [3.05, 3.63) is 12.3 Å². The van der Waals surface area contributed by atoms with Gasteiger partial charge in [-0.25, -0.2) is 4.68 Å². The van der Waals surface area contributed by atoms with Crippen molar-refractivity contribution < 1.29 is 14.3 Å². The molecule has 0 bridgehead atoms.